The van der Waals surface area contributed by atoms with Crippen molar-refractivity contribution in [2.75, 3.05) is 6.61 Å². The van der Waals surface area contributed by atoms with Crippen molar-refractivity contribution in [1.29, 1.82) is 0 Å². The van der Waals surface area contributed by atoms with Crippen molar-refractivity contribution in [1.82, 2.24) is 9.44 Å². The molecule has 0 radical (unpaired) electrons. The summed E-state index contributed by atoms with van der Waals surface area (Å²) in [6, 6.07) is 9.64. The minimum Gasteiger partial charge on any atom is -0.382 e. The van der Waals surface area contributed by atoms with Crippen molar-refractivity contribution in [3.05, 3.63) is 47.5 Å². The zero-order valence-corrected chi connectivity index (χ0v) is 22.9. The van der Waals surface area contributed by atoms with Crippen molar-refractivity contribution in [2.45, 2.75) is 86.1 Å². The highest BCUT2D eigenvalue weighted by atomic mass is 32.2. The van der Waals surface area contributed by atoms with Gasteiger partial charge in [-0.1, -0.05) is 61.7 Å². The summed E-state index contributed by atoms with van der Waals surface area (Å²) in [5, 5.41) is 4.22. The monoisotopic (exact) mass is 555 g/mol. The van der Waals surface area contributed by atoms with Crippen LogP contribution in [0.5, 0.6) is 0 Å². The van der Waals surface area contributed by atoms with Gasteiger partial charge in [-0.15, -0.1) is 6.42 Å². The number of rotatable bonds is 8. The van der Waals surface area contributed by atoms with Gasteiger partial charge >= 0.3 is 0 Å². The van der Waals surface area contributed by atoms with Crippen LogP contribution < -0.4 is 9.44 Å². The number of hydrogen-bond donors (Lipinski definition) is 2. The summed E-state index contributed by atoms with van der Waals surface area (Å²) in [6.45, 7) is -0.0728. The Hall–Kier alpha value is -2.71. The first-order chi connectivity index (χ1) is 18.3. The molecule has 5 rings (SSSR count). The van der Waals surface area contributed by atoms with E-state index in [0.717, 1.165) is 75.3 Å². The minimum absolute atomic E-state index is 0.0728. The molecule has 2 fully saturated rings. The summed E-state index contributed by atoms with van der Waals surface area (Å²) in [7, 11) is -7.50. The largest absolute Gasteiger partial charge is 0.382 e. The molecule has 0 heterocycles. The fraction of sp³-hybridized carbons (Fsp3) is 0.464. The number of sulfonamides is 2. The Morgan fingerprint density at radius 1 is 0.737 bits per heavy atom. The zero-order valence-electron chi connectivity index (χ0n) is 21.3. The summed E-state index contributed by atoms with van der Waals surface area (Å²) in [5.41, 5.74) is 2.97. The number of fused-ring (bicyclic) bond motifs is 3. The summed E-state index contributed by atoms with van der Waals surface area (Å²) < 4.78 is 58.6. The fourth-order valence-electron chi connectivity index (χ4n) is 5.64. The van der Waals surface area contributed by atoms with Crippen LogP contribution in [0.2, 0.25) is 0 Å². The molecule has 2 saturated carbocycles. The minimum atomic E-state index is -3.75. The molecule has 8 nitrogen and oxygen atoms in total. The Morgan fingerprint density at radius 3 is 1.61 bits per heavy atom. The van der Waals surface area contributed by atoms with Gasteiger partial charge in [0.25, 0.3) is 0 Å². The van der Waals surface area contributed by atoms with E-state index in [1.165, 1.54) is 0 Å². The second kappa shape index (κ2) is 11.2. The first kappa shape index (κ1) is 26.9. The molecule has 0 saturated heterocycles. The standard InChI is InChI=1S/C28H33N3O5S2/c1-2-17-36-29-28-26-18-22(37(32,33)30-20-9-5-3-6-10-20)13-15-24(26)25-16-14-23(19-27(25)28)38(34,35)31-21-11-7-4-8-12-21/h1,13-16,18-21,30-31H,3-12,17H2. The average Bonchev–Trinajstić information content (AvgIpc) is 3.22. The van der Waals surface area contributed by atoms with Gasteiger partial charge in [0.2, 0.25) is 20.0 Å². The van der Waals surface area contributed by atoms with Gasteiger partial charge in [-0.3, -0.25) is 0 Å². The van der Waals surface area contributed by atoms with Crippen molar-refractivity contribution in [3.63, 3.8) is 0 Å². The van der Waals surface area contributed by atoms with Crippen molar-refractivity contribution in [2.24, 2.45) is 5.16 Å². The molecular weight excluding hydrogens is 522 g/mol. The number of terminal acetylenes is 1. The number of hydrogen-bond acceptors (Lipinski definition) is 6. The third kappa shape index (κ3) is 5.66. The van der Waals surface area contributed by atoms with E-state index >= 15 is 0 Å². The van der Waals surface area contributed by atoms with Gasteiger partial charge in [0.1, 0.15) is 5.71 Å². The van der Waals surface area contributed by atoms with E-state index in [0.29, 0.717) is 16.8 Å². The van der Waals surface area contributed by atoms with Crippen LogP contribution >= 0.6 is 0 Å². The van der Waals surface area contributed by atoms with Gasteiger partial charge in [-0.05, 0) is 61.1 Å². The smallest absolute Gasteiger partial charge is 0.240 e. The highest BCUT2D eigenvalue weighted by Crippen LogP contribution is 2.39. The maximum atomic E-state index is 13.2. The second-order valence-corrected chi connectivity index (χ2v) is 13.7. The van der Waals surface area contributed by atoms with E-state index in [9.17, 15) is 16.8 Å². The van der Waals surface area contributed by atoms with Crippen molar-refractivity contribution < 1.29 is 21.7 Å². The van der Waals surface area contributed by atoms with Crippen LogP contribution in [-0.4, -0.2) is 41.2 Å². The third-order valence-corrected chi connectivity index (χ3v) is 10.6. The average molecular weight is 556 g/mol. The first-order valence-electron chi connectivity index (χ1n) is 13.3. The third-order valence-electron chi connectivity index (χ3n) is 7.56. The van der Waals surface area contributed by atoms with E-state index in [2.05, 4.69) is 20.5 Å². The number of nitrogens with zero attached hydrogens (tertiary/aromatic N) is 1. The van der Waals surface area contributed by atoms with Crippen molar-refractivity contribution in [3.8, 4) is 23.5 Å². The van der Waals surface area contributed by atoms with Crippen LogP contribution in [0.25, 0.3) is 11.1 Å². The molecule has 3 aliphatic carbocycles. The lowest BCUT2D eigenvalue weighted by Gasteiger charge is -2.22. The van der Waals surface area contributed by atoms with E-state index in [1.54, 1.807) is 36.4 Å². The van der Waals surface area contributed by atoms with E-state index in [-0.39, 0.29) is 28.5 Å². The van der Waals surface area contributed by atoms with Gasteiger partial charge in [0, 0.05) is 23.2 Å². The summed E-state index contributed by atoms with van der Waals surface area (Å²) in [6.07, 6.45) is 14.9. The lowest BCUT2D eigenvalue weighted by atomic mass is 9.96. The molecule has 0 aromatic heterocycles. The van der Waals surface area contributed by atoms with Gasteiger partial charge in [0.15, 0.2) is 6.61 Å². The summed E-state index contributed by atoms with van der Waals surface area (Å²) in [5.74, 6) is 2.36. The Bertz CT molecular complexity index is 1380. The summed E-state index contributed by atoms with van der Waals surface area (Å²) in [4.78, 5) is 5.56. The second-order valence-electron chi connectivity index (χ2n) is 10.2. The molecule has 38 heavy (non-hydrogen) atoms. The molecule has 0 atom stereocenters. The molecule has 202 valence electrons. The van der Waals surface area contributed by atoms with Crippen LogP contribution in [0, 0.1) is 12.3 Å². The normalized spacial score (nSPS) is 18.4. The van der Waals surface area contributed by atoms with E-state index in [4.69, 9.17) is 11.3 Å². The Kier molecular flexibility index (Phi) is 7.91. The topological polar surface area (TPSA) is 114 Å². The maximum absolute atomic E-state index is 13.2. The number of nitrogens with one attached hydrogen (secondary N) is 2. The first-order valence-corrected chi connectivity index (χ1v) is 16.2. The predicted molar refractivity (Wildman–Crippen MR) is 147 cm³/mol. The summed E-state index contributed by atoms with van der Waals surface area (Å²) >= 11 is 0. The quantitative estimate of drug-likeness (QED) is 0.245. The zero-order chi connectivity index (χ0) is 26.8. The lowest BCUT2D eigenvalue weighted by molar-refractivity contribution is 0.180. The fourth-order valence-corrected chi connectivity index (χ4v) is 8.30. The Balaban J connectivity index is 1.49. The number of benzene rings is 2. The number of oxime groups is 1. The van der Waals surface area contributed by atoms with Gasteiger partial charge in [0.05, 0.1) is 9.79 Å². The maximum Gasteiger partial charge on any atom is 0.240 e. The molecule has 0 bridgehead atoms. The highest BCUT2D eigenvalue weighted by Gasteiger charge is 2.31. The molecule has 0 spiro atoms. The molecule has 10 heteroatoms. The molecule has 0 amide bonds. The predicted octanol–water partition coefficient (Wildman–Crippen LogP) is 4.29. The van der Waals surface area contributed by atoms with Gasteiger partial charge < -0.3 is 4.84 Å². The highest BCUT2D eigenvalue weighted by molar-refractivity contribution is 7.89. The van der Waals surface area contributed by atoms with Crippen LogP contribution in [0.15, 0.2) is 51.3 Å². The van der Waals surface area contributed by atoms with Crippen LogP contribution in [0.1, 0.15) is 75.3 Å². The lowest BCUT2D eigenvalue weighted by Crippen LogP contribution is -2.36. The molecule has 3 aliphatic rings. The Morgan fingerprint density at radius 2 is 1.18 bits per heavy atom. The molecule has 2 N–H and O–H groups in total. The molecule has 0 aliphatic heterocycles. The van der Waals surface area contributed by atoms with Gasteiger partial charge in [-0.25, -0.2) is 26.3 Å². The van der Waals surface area contributed by atoms with Gasteiger partial charge in [-0.2, -0.15) is 0 Å². The van der Waals surface area contributed by atoms with Crippen LogP contribution in [0.3, 0.4) is 0 Å². The molecular formula is C28H33N3O5S2. The Labute approximate surface area is 225 Å². The van der Waals surface area contributed by atoms with Crippen LogP contribution in [0.4, 0.5) is 0 Å². The molecule has 2 aromatic rings. The van der Waals surface area contributed by atoms with E-state index in [1.807, 2.05) is 0 Å². The SMILES string of the molecule is C#CCON=C1c2cc(S(=O)(=O)NC3CCCCC3)ccc2-c2ccc(S(=O)(=O)NC3CCCCC3)cc21. The molecule has 2 aromatic carbocycles. The molecule has 0 unspecified atom stereocenters. The van der Waals surface area contributed by atoms with Crippen molar-refractivity contribution >= 4 is 25.8 Å². The van der Waals surface area contributed by atoms with E-state index < -0.39 is 20.0 Å². The van der Waals surface area contributed by atoms with Crippen LogP contribution in [-0.2, 0) is 24.9 Å².